The van der Waals surface area contributed by atoms with E-state index in [4.69, 9.17) is 16.3 Å². The lowest BCUT2D eigenvalue weighted by molar-refractivity contribution is -0.139. The molecule has 1 aromatic rings. The number of fused-ring (bicyclic) bond motifs is 2. The van der Waals surface area contributed by atoms with Crippen molar-refractivity contribution in [3.8, 4) is 0 Å². The van der Waals surface area contributed by atoms with Gasteiger partial charge in [0.2, 0.25) is 0 Å². The van der Waals surface area contributed by atoms with Crippen LogP contribution < -0.4 is 0 Å². The summed E-state index contributed by atoms with van der Waals surface area (Å²) in [7, 11) is 0. The van der Waals surface area contributed by atoms with Gasteiger partial charge < -0.3 is 9.84 Å². The van der Waals surface area contributed by atoms with Gasteiger partial charge in [0.25, 0.3) is 0 Å². The van der Waals surface area contributed by atoms with E-state index in [1.807, 2.05) is 12.1 Å². The first-order valence-corrected chi connectivity index (χ1v) is 7.59. The zero-order chi connectivity index (χ0) is 14.2. The lowest BCUT2D eigenvalue weighted by Crippen LogP contribution is -2.45. The minimum atomic E-state index is -0.712. The fraction of sp³-hybridized carbons (Fsp3) is 0.562. The lowest BCUT2D eigenvalue weighted by Gasteiger charge is -2.48. The molecule has 4 heteroatoms. The Morgan fingerprint density at radius 3 is 2.85 bits per heavy atom. The van der Waals surface area contributed by atoms with Gasteiger partial charge in [0.1, 0.15) is 0 Å². The Morgan fingerprint density at radius 2 is 2.15 bits per heavy atom. The molecule has 1 heterocycles. The monoisotopic (exact) mass is 294 g/mol. The predicted molar refractivity (Wildman–Crippen MR) is 77.2 cm³/mol. The van der Waals surface area contributed by atoms with Gasteiger partial charge in [-0.05, 0) is 48.8 Å². The van der Waals surface area contributed by atoms with E-state index in [2.05, 4.69) is 6.07 Å². The molecule has 1 aliphatic heterocycles. The van der Waals surface area contributed by atoms with Gasteiger partial charge >= 0.3 is 5.97 Å². The fourth-order valence-corrected chi connectivity index (χ4v) is 4.43. The molecule has 1 fully saturated rings. The van der Waals surface area contributed by atoms with Crippen LogP contribution in [0.4, 0.5) is 0 Å². The molecular weight excluding hydrogens is 276 g/mol. The second-order valence-electron chi connectivity index (χ2n) is 5.88. The predicted octanol–water partition coefficient (Wildman–Crippen LogP) is 3.43. The van der Waals surface area contributed by atoms with Gasteiger partial charge in [0.15, 0.2) is 0 Å². The van der Waals surface area contributed by atoms with Crippen LogP contribution in [-0.2, 0) is 21.4 Å². The molecule has 1 aliphatic carbocycles. The van der Waals surface area contributed by atoms with E-state index in [0.717, 1.165) is 30.7 Å². The van der Waals surface area contributed by atoms with E-state index in [9.17, 15) is 9.90 Å². The number of benzene rings is 1. The molecular formula is C16H19ClO3. The molecule has 1 N–H and O–H groups in total. The number of carbonyl (C=O) groups is 1. The number of hydrogen-bond donors (Lipinski definition) is 1. The van der Waals surface area contributed by atoms with Crippen molar-refractivity contribution in [2.24, 2.45) is 5.92 Å². The van der Waals surface area contributed by atoms with Gasteiger partial charge in [-0.2, -0.15) is 0 Å². The second kappa shape index (κ2) is 5.38. The van der Waals surface area contributed by atoms with Crippen molar-refractivity contribution in [3.05, 3.63) is 34.3 Å². The maximum absolute atomic E-state index is 11.2. The number of carboxylic acids is 1. The highest BCUT2D eigenvalue weighted by Crippen LogP contribution is 2.51. The molecule has 0 saturated carbocycles. The van der Waals surface area contributed by atoms with E-state index >= 15 is 0 Å². The summed E-state index contributed by atoms with van der Waals surface area (Å²) in [6, 6.07) is 6.06. The third kappa shape index (κ3) is 2.23. The van der Waals surface area contributed by atoms with Crippen molar-refractivity contribution < 1.29 is 14.6 Å². The minimum Gasteiger partial charge on any atom is -0.481 e. The molecule has 2 aliphatic rings. The number of ether oxygens (including phenoxy) is 1. The summed E-state index contributed by atoms with van der Waals surface area (Å²) in [5.41, 5.74) is 2.38. The molecule has 3 rings (SSSR count). The lowest BCUT2D eigenvalue weighted by atomic mass is 9.58. The molecule has 20 heavy (non-hydrogen) atoms. The van der Waals surface area contributed by atoms with Crippen molar-refractivity contribution in [3.63, 3.8) is 0 Å². The number of halogens is 1. The summed E-state index contributed by atoms with van der Waals surface area (Å²) >= 11 is 6.48. The smallest absolute Gasteiger partial charge is 0.303 e. The van der Waals surface area contributed by atoms with E-state index < -0.39 is 5.97 Å². The third-order valence-electron chi connectivity index (χ3n) is 4.95. The normalized spacial score (nSPS) is 24.4. The summed E-state index contributed by atoms with van der Waals surface area (Å²) < 4.78 is 5.51. The molecule has 1 spiro atoms. The van der Waals surface area contributed by atoms with Gasteiger partial charge in [0.05, 0.1) is 0 Å². The molecule has 0 radical (unpaired) electrons. The molecule has 1 unspecified atom stereocenters. The maximum Gasteiger partial charge on any atom is 0.303 e. The minimum absolute atomic E-state index is 0.109. The number of rotatable bonds is 2. The van der Waals surface area contributed by atoms with Crippen LogP contribution in [0.15, 0.2) is 18.2 Å². The molecule has 3 nitrogen and oxygen atoms in total. The Hall–Kier alpha value is -1.06. The fourth-order valence-electron chi connectivity index (χ4n) is 4.05. The van der Waals surface area contributed by atoms with Crippen LogP contribution in [0.1, 0.15) is 36.8 Å². The van der Waals surface area contributed by atoms with Crippen LogP contribution in [0, 0.1) is 5.92 Å². The summed E-state index contributed by atoms with van der Waals surface area (Å²) in [6.07, 6.45) is 3.84. The van der Waals surface area contributed by atoms with Crippen LogP contribution in [0.2, 0.25) is 5.02 Å². The average molecular weight is 295 g/mol. The van der Waals surface area contributed by atoms with Gasteiger partial charge in [-0.15, -0.1) is 0 Å². The van der Waals surface area contributed by atoms with Crippen LogP contribution >= 0.6 is 11.6 Å². The molecule has 1 aromatic carbocycles. The van der Waals surface area contributed by atoms with Crippen molar-refractivity contribution in [2.45, 2.75) is 37.5 Å². The first-order valence-electron chi connectivity index (χ1n) is 7.21. The first kappa shape index (κ1) is 13.9. The molecule has 0 bridgehead atoms. The molecule has 0 amide bonds. The Kier molecular flexibility index (Phi) is 3.74. The summed E-state index contributed by atoms with van der Waals surface area (Å²) in [5.74, 6) is -0.548. The largest absolute Gasteiger partial charge is 0.481 e. The average Bonchev–Trinajstić information content (AvgIpc) is 2.43. The molecule has 108 valence electrons. The Morgan fingerprint density at radius 1 is 1.40 bits per heavy atom. The van der Waals surface area contributed by atoms with E-state index in [1.165, 1.54) is 11.1 Å². The standard InChI is InChI=1S/C16H19ClO3/c17-13-3-1-2-11-4-5-12(10-14(18)19)16(15(11)13)6-8-20-9-7-16/h1-3,12H,4-10H2,(H,18,19). The van der Waals surface area contributed by atoms with Gasteiger partial charge in [0, 0.05) is 30.1 Å². The van der Waals surface area contributed by atoms with Crippen molar-refractivity contribution in [2.75, 3.05) is 13.2 Å². The zero-order valence-corrected chi connectivity index (χ0v) is 12.2. The number of carboxylic acid groups (broad SMARTS) is 1. The van der Waals surface area contributed by atoms with Gasteiger partial charge in [-0.3, -0.25) is 4.79 Å². The van der Waals surface area contributed by atoms with Crippen LogP contribution in [0.3, 0.4) is 0 Å². The number of aliphatic carboxylic acids is 1. The summed E-state index contributed by atoms with van der Waals surface area (Å²) in [4.78, 5) is 11.2. The first-order chi connectivity index (χ1) is 9.63. The molecule has 0 aromatic heterocycles. The van der Waals surface area contributed by atoms with Crippen molar-refractivity contribution in [1.82, 2.24) is 0 Å². The van der Waals surface area contributed by atoms with Crippen LogP contribution in [0.25, 0.3) is 0 Å². The molecule has 1 saturated heterocycles. The van der Waals surface area contributed by atoms with Gasteiger partial charge in [-0.25, -0.2) is 0 Å². The highest BCUT2D eigenvalue weighted by molar-refractivity contribution is 6.31. The quantitative estimate of drug-likeness (QED) is 0.909. The van der Waals surface area contributed by atoms with Crippen LogP contribution in [0.5, 0.6) is 0 Å². The number of hydrogen-bond acceptors (Lipinski definition) is 2. The maximum atomic E-state index is 11.2. The SMILES string of the molecule is O=C(O)CC1CCc2cccc(Cl)c2C12CCOCC2. The van der Waals surface area contributed by atoms with E-state index in [1.54, 1.807) is 0 Å². The second-order valence-corrected chi connectivity index (χ2v) is 6.28. The van der Waals surface area contributed by atoms with E-state index in [0.29, 0.717) is 13.2 Å². The number of aryl methyl sites for hydroxylation is 1. The highest BCUT2D eigenvalue weighted by atomic mass is 35.5. The molecule has 1 atom stereocenters. The summed E-state index contributed by atoms with van der Waals surface area (Å²) in [5, 5.41) is 10.0. The summed E-state index contributed by atoms with van der Waals surface area (Å²) in [6.45, 7) is 1.39. The van der Waals surface area contributed by atoms with E-state index in [-0.39, 0.29) is 17.8 Å². The van der Waals surface area contributed by atoms with Crippen LogP contribution in [-0.4, -0.2) is 24.3 Å². The topological polar surface area (TPSA) is 46.5 Å². The zero-order valence-electron chi connectivity index (χ0n) is 11.4. The Balaban J connectivity index is 2.09. The highest BCUT2D eigenvalue weighted by Gasteiger charge is 2.46. The van der Waals surface area contributed by atoms with Crippen molar-refractivity contribution in [1.29, 1.82) is 0 Å². The Labute approximate surface area is 123 Å². The van der Waals surface area contributed by atoms with Crippen molar-refractivity contribution >= 4 is 17.6 Å². The van der Waals surface area contributed by atoms with Gasteiger partial charge in [-0.1, -0.05) is 23.7 Å². The third-order valence-corrected chi connectivity index (χ3v) is 5.26. The Bertz CT molecular complexity index is 520.